The highest BCUT2D eigenvalue weighted by Crippen LogP contribution is 2.59. The molecule has 1 aliphatic carbocycles. The third-order valence-corrected chi connectivity index (χ3v) is 18.5. The maximum absolute atomic E-state index is 6.79. The highest BCUT2D eigenvalue weighted by molar-refractivity contribution is 7.99. The highest BCUT2D eigenvalue weighted by Gasteiger charge is 2.53. The van der Waals surface area contributed by atoms with E-state index in [2.05, 4.69) is 200 Å². The summed E-state index contributed by atoms with van der Waals surface area (Å²) in [5.74, 6) is 1.83. The van der Waals surface area contributed by atoms with Crippen LogP contribution in [0.5, 0.6) is 11.5 Å². The monoisotopic (exact) mass is 790 g/mol. The Kier molecular flexibility index (Phi) is 6.70. The van der Waals surface area contributed by atoms with Crippen LogP contribution in [0.2, 0.25) is 13.1 Å². The first-order valence-electron chi connectivity index (χ1n) is 20.7. The lowest BCUT2D eigenvalue weighted by molar-refractivity contribution is 0.455. The molecule has 0 aromatic heterocycles. The number of anilines is 5. The fraction of sp³-hybridized carbons (Fsp3) is 0.0943. The molecule has 280 valence electrons. The maximum Gasteiger partial charge on any atom is 0.333 e. The zero-order valence-electron chi connectivity index (χ0n) is 33.4. The van der Waals surface area contributed by atoms with Gasteiger partial charge in [-0.05, 0) is 109 Å². The molecule has 0 radical (unpaired) electrons. The van der Waals surface area contributed by atoms with Crippen LogP contribution in [0, 0.1) is 0 Å². The fourth-order valence-corrected chi connectivity index (χ4v) is 15.1. The minimum atomic E-state index is -2.12. The van der Waals surface area contributed by atoms with Crippen molar-refractivity contribution in [3.63, 3.8) is 0 Å². The number of nitrogens with zero attached hydrogens (tertiary/aromatic N) is 2. The number of benzene rings is 8. The minimum absolute atomic E-state index is 0.0685. The quantitative estimate of drug-likeness (QED) is 0.162. The predicted octanol–water partition coefficient (Wildman–Crippen LogP) is 11.8. The Morgan fingerprint density at radius 2 is 1.29 bits per heavy atom. The van der Waals surface area contributed by atoms with Crippen molar-refractivity contribution < 1.29 is 4.74 Å². The molecule has 0 saturated heterocycles. The molecule has 5 aliphatic rings. The second kappa shape index (κ2) is 11.7. The molecule has 0 saturated carbocycles. The van der Waals surface area contributed by atoms with Crippen LogP contribution in [0.4, 0.5) is 28.4 Å². The second-order valence-corrected chi connectivity index (χ2v) is 23.1. The Balaban J connectivity index is 1.17. The van der Waals surface area contributed by atoms with E-state index in [0.29, 0.717) is 0 Å². The molecule has 13 rings (SSSR count). The second-order valence-electron chi connectivity index (χ2n) is 17.7. The minimum Gasteiger partial charge on any atom is -0.455 e. The van der Waals surface area contributed by atoms with Crippen molar-refractivity contribution in [3.8, 4) is 44.9 Å². The van der Waals surface area contributed by atoms with Crippen LogP contribution in [0.1, 0.15) is 25.0 Å². The summed E-state index contributed by atoms with van der Waals surface area (Å²) >= 11 is 1.81. The molecular formula is C53H39BN2OSSi. The van der Waals surface area contributed by atoms with Crippen molar-refractivity contribution in [2.24, 2.45) is 0 Å². The van der Waals surface area contributed by atoms with Crippen LogP contribution < -0.4 is 35.7 Å². The molecule has 59 heavy (non-hydrogen) atoms. The summed E-state index contributed by atoms with van der Waals surface area (Å²) < 4.78 is 6.79. The summed E-state index contributed by atoms with van der Waals surface area (Å²) in [4.78, 5) is 7.66. The van der Waals surface area contributed by atoms with E-state index in [1.165, 1.54) is 94.2 Å². The van der Waals surface area contributed by atoms with Crippen LogP contribution in [0.3, 0.4) is 0 Å². The molecule has 3 nitrogen and oxygen atoms in total. The summed E-state index contributed by atoms with van der Waals surface area (Å²) in [5, 5.41) is 2.99. The van der Waals surface area contributed by atoms with E-state index in [1.54, 1.807) is 0 Å². The summed E-state index contributed by atoms with van der Waals surface area (Å²) in [6.45, 7) is 9.92. The van der Waals surface area contributed by atoms with E-state index in [4.69, 9.17) is 4.74 Å². The van der Waals surface area contributed by atoms with Crippen molar-refractivity contribution in [2.45, 2.75) is 42.1 Å². The number of ether oxygens (including phenoxy) is 1. The first-order chi connectivity index (χ1) is 28.8. The van der Waals surface area contributed by atoms with Gasteiger partial charge in [0.2, 0.25) is 0 Å². The maximum atomic E-state index is 6.79. The molecule has 0 spiro atoms. The molecule has 0 amide bonds. The van der Waals surface area contributed by atoms with Gasteiger partial charge in [0.25, 0.3) is 0 Å². The lowest BCUT2D eigenvalue weighted by Gasteiger charge is -2.51. The molecule has 0 fully saturated rings. The van der Waals surface area contributed by atoms with Crippen molar-refractivity contribution in [2.75, 3.05) is 9.71 Å². The lowest BCUT2D eigenvalue weighted by Crippen LogP contribution is -2.68. The molecule has 4 heterocycles. The van der Waals surface area contributed by atoms with Gasteiger partial charge in [-0.3, -0.25) is 0 Å². The summed E-state index contributed by atoms with van der Waals surface area (Å²) in [5.41, 5.74) is 19.3. The van der Waals surface area contributed by atoms with Crippen molar-refractivity contribution in [1.82, 2.24) is 0 Å². The van der Waals surface area contributed by atoms with Gasteiger partial charge in [0, 0.05) is 39.4 Å². The topological polar surface area (TPSA) is 15.7 Å². The zero-order chi connectivity index (χ0) is 39.4. The average Bonchev–Trinajstić information content (AvgIpc) is 3.50. The third-order valence-electron chi connectivity index (χ3n) is 13.8. The molecule has 6 heteroatoms. The Morgan fingerprint density at radius 3 is 2.15 bits per heavy atom. The Hall–Kier alpha value is -6.21. The normalized spacial score (nSPS) is 16.0. The number of fused-ring (bicyclic) bond motifs is 12. The van der Waals surface area contributed by atoms with Crippen LogP contribution in [-0.2, 0) is 5.41 Å². The SMILES string of the molecule is CC1(C)c2ccccc2-c2cc3c4c(c21)N1c2ccccc2[Si](C)(C)c2cccc(c21)B4N(c1ccc(-c2ccccc2)cc1)c1cc2c(cc1-3)Oc1ccccc1S2. The Morgan fingerprint density at radius 1 is 0.559 bits per heavy atom. The first-order valence-corrected chi connectivity index (χ1v) is 24.5. The first kappa shape index (κ1) is 33.7. The lowest BCUT2D eigenvalue weighted by atomic mass is 9.43. The van der Waals surface area contributed by atoms with Crippen LogP contribution in [0.15, 0.2) is 174 Å². The van der Waals surface area contributed by atoms with Gasteiger partial charge in [0.05, 0.1) is 9.79 Å². The van der Waals surface area contributed by atoms with Gasteiger partial charge in [-0.1, -0.05) is 154 Å². The van der Waals surface area contributed by atoms with Gasteiger partial charge < -0.3 is 14.4 Å². The van der Waals surface area contributed by atoms with Gasteiger partial charge in [-0.15, -0.1) is 0 Å². The van der Waals surface area contributed by atoms with Crippen molar-refractivity contribution >= 4 is 76.4 Å². The van der Waals surface area contributed by atoms with E-state index < -0.39 is 8.07 Å². The van der Waals surface area contributed by atoms with Gasteiger partial charge in [-0.2, -0.15) is 0 Å². The van der Waals surface area contributed by atoms with Crippen LogP contribution in [0.25, 0.3) is 33.4 Å². The molecule has 0 atom stereocenters. The number of para-hydroxylation sites is 3. The molecule has 0 bridgehead atoms. The summed E-state index contributed by atoms with van der Waals surface area (Å²) in [6.07, 6.45) is 0. The van der Waals surface area contributed by atoms with Gasteiger partial charge in [0.15, 0.2) is 0 Å². The Bertz CT molecular complexity index is 3140. The summed E-state index contributed by atoms with van der Waals surface area (Å²) in [6, 6.07) is 61.4. The molecule has 4 aliphatic heterocycles. The van der Waals surface area contributed by atoms with Crippen LogP contribution in [-0.4, -0.2) is 14.9 Å². The molecule has 0 N–H and O–H groups in total. The van der Waals surface area contributed by atoms with Gasteiger partial charge in [-0.25, -0.2) is 0 Å². The molecule has 0 unspecified atom stereocenters. The molecule has 8 aromatic rings. The highest BCUT2D eigenvalue weighted by atomic mass is 32.2. The van der Waals surface area contributed by atoms with E-state index in [0.717, 1.165) is 21.3 Å². The Labute approximate surface area is 351 Å². The molecule has 8 aromatic carbocycles. The third kappa shape index (κ3) is 4.40. The smallest absolute Gasteiger partial charge is 0.333 e. The largest absolute Gasteiger partial charge is 0.455 e. The average molecular weight is 791 g/mol. The number of hydrogen-bond acceptors (Lipinski definition) is 4. The van der Waals surface area contributed by atoms with Gasteiger partial charge >= 0.3 is 6.85 Å². The number of hydrogen-bond donors (Lipinski definition) is 0. The number of rotatable bonds is 2. The summed E-state index contributed by atoms with van der Waals surface area (Å²) in [7, 11) is -2.12. The molecular weight excluding hydrogens is 752 g/mol. The van der Waals surface area contributed by atoms with E-state index in [1.807, 2.05) is 11.8 Å². The van der Waals surface area contributed by atoms with E-state index >= 15 is 0 Å². The van der Waals surface area contributed by atoms with Crippen molar-refractivity contribution in [3.05, 3.63) is 175 Å². The predicted molar refractivity (Wildman–Crippen MR) is 251 cm³/mol. The standard InChI is InChI=1S/C53H39BN2OSSi/c1-53(2)39-18-9-8-17-35(39)37-29-38-36-30-44-46(58-45-22-12-11-21-43(45)57-44)31-42(36)56(34-27-25-33(26-28-34)32-15-6-5-7-16-32)54-40-19-14-24-48-51(40)55(52(49(37)53)50(38)54)41-20-10-13-23-47(41)59(48,3)4/h5-31H,1-4H3. The zero-order valence-corrected chi connectivity index (χ0v) is 35.2. The fourth-order valence-electron chi connectivity index (χ4n) is 11.2. The van der Waals surface area contributed by atoms with Crippen LogP contribution >= 0.6 is 11.8 Å². The van der Waals surface area contributed by atoms with E-state index in [9.17, 15) is 0 Å². The van der Waals surface area contributed by atoms with E-state index in [-0.39, 0.29) is 12.3 Å². The van der Waals surface area contributed by atoms with Gasteiger partial charge in [0.1, 0.15) is 19.6 Å². The van der Waals surface area contributed by atoms with Crippen molar-refractivity contribution in [1.29, 1.82) is 0 Å².